The highest BCUT2D eigenvalue weighted by atomic mass is 79.9. The van der Waals surface area contributed by atoms with Gasteiger partial charge in [0.25, 0.3) is 11.5 Å². The van der Waals surface area contributed by atoms with Gasteiger partial charge in [-0.05, 0) is 29.6 Å². The van der Waals surface area contributed by atoms with Crippen molar-refractivity contribution in [2.45, 2.75) is 0 Å². The van der Waals surface area contributed by atoms with Crippen LogP contribution in [-0.2, 0) is 0 Å². The third-order valence-corrected chi connectivity index (χ3v) is 4.32. The standard InChI is InChI=1S/C14H9BrN2O3S/c15-7-2-1-3-8(6-7)16-13(19)10-11(18)12-9(4-5-21-12)17-14(10)20/h1-6H,(H,16,19)(H2,17,18,20). The summed E-state index contributed by atoms with van der Waals surface area (Å²) in [5.74, 6) is -0.946. The van der Waals surface area contributed by atoms with Gasteiger partial charge in [0.15, 0.2) is 5.75 Å². The van der Waals surface area contributed by atoms with Gasteiger partial charge in [0.2, 0.25) is 0 Å². The van der Waals surface area contributed by atoms with Crippen molar-refractivity contribution in [3.63, 3.8) is 0 Å². The van der Waals surface area contributed by atoms with E-state index in [4.69, 9.17) is 0 Å². The lowest BCUT2D eigenvalue weighted by molar-refractivity contribution is 0.102. The number of thiophene rings is 1. The molecular formula is C14H9BrN2O3S. The first kappa shape index (κ1) is 13.8. The second-order valence-corrected chi connectivity index (χ2v) is 6.14. The summed E-state index contributed by atoms with van der Waals surface area (Å²) >= 11 is 4.55. The van der Waals surface area contributed by atoms with Crippen molar-refractivity contribution in [2.24, 2.45) is 0 Å². The van der Waals surface area contributed by atoms with Crippen LogP contribution in [0.25, 0.3) is 10.2 Å². The fourth-order valence-corrected chi connectivity index (χ4v) is 3.17. The number of carbonyl (C=O) groups excluding carboxylic acids is 1. The van der Waals surface area contributed by atoms with E-state index in [1.807, 2.05) is 6.07 Å². The molecule has 2 aromatic heterocycles. The van der Waals surface area contributed by atoms with E-state index in [0.29, 0.717) is 15.9 Å². The normalized spacial score (nSPS) is 10.7. The second kappa shape index (κ2) is 5.34. The van der Waals surface area contributed by atoms with E-state index in [0.717, 1.165) is 4.47 Å². The van der Waals surface area contributed by atoms with Crippen LogP contribution in [0.15, 0.2) is 45.0 Å². The number of halogens is 1. The minimum absolute atomic E-state index is 0.287. The Morgan fingerprint density at radius 3 is 2.90 bits per heavy atom. The van der Waals surface area contributed by atoms with Crippen LogP contribution in [-0.4, -0.2) is 16.0 Å². The molecule has 2 heterocycles. The lowest BCUT2D eigenvalue weighted by atomic mass is 10.2. The number of aromatic nitrogens is 1. The molecule has 7 heteroatoms. The average molecular weight is 365 g/mol. The number of rotatable bonds is 2. The average Bonchev–Trinajstić information content (AvgIpc) is 2.87. The van der Waals surface area contributed by atoms with Crippen LogP contribution in [0.4, 0.5) is 5.69 Å². The predicted molar refractivity (Wildman–Crippen MR) is 86.2 cm³/mol. The van der Waals surface area contributed by atoms with E-state index in [1.54, 1.807) is 29.6 Å². The molecule has 5 nitrogen and oxygen atoms in total. The Balaban J connectivity index is 2.03. The third kappa shape index (κ3) is 2.57. The van der Waals surface area contributed by atoms with Gasteiger partial charge in [0.05, 0.1) is 10.2 Å². The van der Waals surface area contributed by atoms with Gasteiger partial charge in [-0.3, -0.25) is 9.59 Å². The Morgan fingerprint density at radius 1 is 1.33 bits per heavy atom. The number of pyridine rings is 1. The number of fused-ring (bicyclic) bond motifs is 1. The zero-order valence-corrected chi connectivity index (χ0v) is 12.9. The molecule has 3 rings (SSSR count). The number of amides is 1. The number of aromatic hydroxyl groups is 1. The number of aromatic amines is 1. The molecule has 0 saturated carbocycles. The van der Waals surface area contributed by atoms with Gasteiger partial charge < -0.3 is 15.4 Å². The molecule has 0 bridgehead atoms. The van der Waals surface area contributed by atoms with E-state index in [9.17, 15) is 14.7 Å². The Bertz CT molecular complexity index is 901. The summed E-state index contributed by atoms with van der Waals surface area (Å²) in [5.41, 5.74) is 0.136. The largest absolute Gasteiger partial charge is 0.505 e. The van der Waals surface area contributed by atoms with Crippen molar-refractivity contribution in [3.05, 3.63) is 56.1 Å². The summed E-state index contributed by atoms with van der Waals surface area (Å²) in [6.45, 7) is 0. The van der Waals surface area contributed by atoms with Crippen molar-refractivity contribution in [2.75, 3.05) is 5.32 Å². The van der Waals surface area contributed by atoms with Crippen molar-refractivity contribution >= 4 is 49.1 Å². The fourth-order valence-electron chi connectivity index (χ4n) is 1.97. The Hall–Kier alpha value is -2.12. The van der Waals surface area contributed by atoms with Gasteiger partial charge in [-0.1, -0.05) is 22.0 Å². The molecule has 0 unspecified atom stereocenters. The number of hydrogen-bond acceptors (Lipinski definition) is 4. The summed E-state index contributed by atoms with van der Waals surface area (Å²) in [6, 6.07) is 8.64. The quantitative estimate of drug-likeness (QED) is 0.652. The molecule has 0 aliphatic heterocycles. The summed E-state index contributed by atoms with van der Waals surface area (Å²) in [7, 11) is 0. The van der Waals surface area contributed by atoms with Gasteiger partial charge in [0, 0.05) is 10.2 Å². The zero-order valence-electron chi connectivity index (χ0n) is 10.5. The number of nitrogens with one attached hydrogen (secondary N) is 2. The van der Waals surface area contributed by atoms with Gasteiger partial charge >= 0.3 is 0 Å². The minimum atomic E-state index is -0.651. The summed E-state index contributed by atoms with van der Waals surface area (Å²) < 4.78 is 1.28. The van der Waals surface area contributed by atoms with E-state index in [1.165, 1.54) is 11.3 Å². The van der Waals surface area contributed by atoms with Crippen LogP contribution in [0.3, 0.4) is 0 Å². The lowest BCUT2D eigenvalue weighted by Crippen LogP contribution is -2.23. The molecule has 0 fully saturated rings. The molecule has 0 atom stereocenters. The Kier molecular flexibility index (Phi) is 3.52. The SMILES string of the molecule is O=C(Nc1cccc(Br)c1)c1c(O)c2sccc2[nH]c1=O. The maximum atomic E-state index is 12.2. The molecule has 0 aliphatic carbocycles. The van der Waals surface area contributed by atoms with Crippen LogP contribution in [0.2, 0.25) is 0 Å². The molecule has 0 radical (unpaired) electrons. The molecule has 0 saturated heterocycles. The Labute approximate surface area is 131 Å². The van der Waals surface area contributed by atoms with Crippen molar-refractivity contribution < 1.29 is 9.90 Å². The first-order chi connectivity index (χ1) is 10.1. The van der Waals surface area contributed by atoms with Crippen LogP contribution >= 0.6 is 27.3 Å². The maximum absolute atomic E-state index is 12.2. The van der Waals surface area contributed by atoms with Gasteiger partial charge in [-0.15, -0.1) is 11.3 Å². The topological polar surface area (TPSA) is 82.2 Å². The summed E-state index contributed by atoms with van der Waals surface area (Å²) in [4.78, 5) is 26.8. The van der Waals surface area contributed by atoms with E-state index in [-0.39, 0.29) is 11.3 Å². The number of H-pyrrole nitrogens is 1. The molecule has 21 heavy (non-hydrogen) atoms. The van der Waals surface area contributed by atoms with Crippen LogP contribution in [0, 0.1) is 0 Å². The number of anilines is 1. The lowest BCUT2D eigenvalue weighted by Gasteiger charge is -2.07. The minimum Gasteiger partial charge on any atom is -0.505 e. The van der Waals surface area contributed by atoms with Crippen molar-refractivity contribution in [3.8, 4) is 5.75 Å². The smallest absolute Gasteiger partial charge is 0.265 e. The van der Waals surface area contributed by atoms with E-state index >= 15 is 0 Å². The van der Waals surface area contributed by atoms with Crippen molar-refractivity contribution in [1.82, 2.24) is 4.98 Å². The molecule has 3 N–H and O–H groups in total. The highest BCUT2D eigenvalue weighted by Crippen LogP contribution is 2.29. The number of carbonyl (C=O) groups is 1. The van der Waals surface area contributed by atoms with Crippen LogP contribution < -0.4 is 10.9 Å². The molecule has 1 aromatic carbocycles. The highest BCUT2D eigenvalue weighted by molar-refractivity contribution is 9.10. The van der Waals surface area contributed by atoms with E-state index < -0.39 is 11.5 Å². The molecule has 3 aromatic rings. The monoisotopic (exact) mass is 364 g/mol. The van der Waals surface area contributed by atoms with Crippen molar-refractivity contribution in [1.29, 1.82) is 0 Å². The summed E-state index contributed by atoms with van der Waals surface area (Å²) in [6.07, 6.45) is 0. The zero-order chi connectivity index (χ0) is 15.0. The van der Waals surface area contributed by atoms with Crippen LogP contribution in [0.5, 0.6) is 5.75 Å². The summed E-state index contributed by atoms with van der Waals surface area (Å²) in [5, 5.41) is 14.5. The first-order valence-electron chi connectivity index (χ1n) is 5.95. The Morgan fingerprint density at radius 2 is 2.14 bits per heavy atom. The molecule has 0 aliphatic rings. The maximum Gasteiger partial charge on any atom is 0.265 e. The fraction of sp³-hybridized carbons (Fsp3) is 0. The molecular weight excluding hydrogens is 356 g/mol. The van der Waals surface area contributed by atoms with Gasteiger partial charge in [-0.25, -0.2) is 0 Å². The molecule has 106 valence electrons. The molecule has 1 amide bonds. The van der Waals surface area contributed by atoms with Gasteiger partial charge in [-0.2, -0.15) is 0 Å². The number of hydrogen-bond donors (Lipinski definition) is 3. The third-order valence-electron chi connectivity index (χ3n) is 2.90. The first-order valence-corrected chi connectivity index (χ1v) is 7.63. The van der Waals surface area contributed by atoms with E-state index in [2.05, 4.69) is 26.2 Å². The highest BCUT2D eigenvalue weighted by Gasteiger charge is 2.20. The van der Waals surface area contributed by atoms with Crippen LogP contribution in [0.1, 0.15) is 10.4 Å². The van der Waals surface area contributed by atoms with Gasteiger partial charge in [0.1, 0.15) is 5.56 Å². The number of benzene rings is 1. The second-order valence-electron chi connectivity index (χ2n) is 4.31. The molecule has 0 spiro atoms. The predicted octanol–water partition coefficient (Wildman–Crippen LogP) is 3.31.